The number of nitrogens with one attached hydrogen (secondary N) is 2. The maximum absolute atomic E-state index is 13.0. The molecular formula is C21H27N5O3. The number of carbonyl (C=O) groups excluding carboxylic acids is 3. The SMILES string of the molecule is CCCN(C(=O)c1ccccc1NC(=O)NCc1ccc(C(N)=O)nc1)C(C)C. The van der Waals surface area contributed by atoms with E-state index in [2.05, 4.69) is 15.6 Å². The van der Waals surface area contributed by atoms with Gasteiger partial charge < -0.3 is 21.3 Å². The van der Waals surface area contributed by atoms with Crippen molar-refractivity contribution in [3.8, 4) is 0 Å². The summed E-state index contributed by atoms with van der Waals surface area (Å²) in [5.74, 6) is -0.731. The lowest BCUT2D eigenvalue weighted by atomic mass is 10.1. The van der Waals surface area contributed by atoms with Crippen molar-refractivity contribution in [1.82, 2.24) is 15.2 Å². The van der Waals surface area contributed by atoms with Crippen LogP contribution in [-0.4, -0.2) is 40.3 Å². The van der Waals surface area contributed by atoms with Gasteiger partial charge in [-0.3, -0.25) is 14.6 Å². The van der Waals surface area contributed by atoms with Crippen molar-refractivity contribution in [3.05, 3.63) is 59.4 Å². The molecule has 0 saturated heterocycles. The third kappa shape index (κ3) is 6.03. The van der Waals surface area contributed by atoms with Crippen molar-refractivity contribution in [2.45, 2.75) is 39.8 Å². The molecule has 0 atom stereocenters. The van der Waals surface area contributed by atoms with Crippen molar-refractivity contribution < 1.29 is 14.4 Å². The van der Waals surface area contributed by atoms with Gasteiger partial charge in [0.2, 0.25) is 0 Å². The van der Waals surface area contributed by atoms with E-state index in [0.717, 1.165) is 6.42 Å². The third-order valence-electron chi connectivity index (χ3n) is 4.28. The Kier molecular flexibility index (Phi) is 7.70. The van der Waals surface area contributed by atoms with Crippen LogP contribution in [0, 0.1) is 0 Å². The Hall–Kier alpha value is -3.42. The summed E-state index contributed by atoms with van der Waals surface area (Å²) in [6, 6.07) is 9.70. The molecule has 1 aromatic carbocycles. The van der Waals surface area contributed by atoms with Crippen LogP contribution in [-0.2, 0) is 6.54 Å². The molecule has 154 valence electrons. The van der Waals surface area contributed by atoms with Gasteiger partial charge in [-0.1, -0.05) is 25.1 Å². The van der Waals surface area contributed by atoms with Gasteiger partial charge in [0, 0.05) is 25.3 Å². The average molecular weight is 397 g/mol. The molecule has 0 fully saturated rings. The predicted octanol–water partition coefficient (Wildman–Crippen LogP) is 2.76. The number of nitrogens with two attached hydrogens (primary N) is 1. The first-order chi connectivity index (χ1) is 13.8. The van der Waals surface area contributed by atoms with Crippen LogP contribution in [0.1, 0.15) is 53.6 Å². The number of pyridine rings is 1. The lowest BCUT2D eigenvalue weighted by Gasteiger charge is -2.27. The number of para-hydroxylation sites is 1. The quantitative estimate of drug-likeness (QED) is 0.635. The molecule has 8 nitrogen and oxygen atoms in total. The number of rotatable bonds is 8. The van der Waals surface area contributed by atoms with Gasteiger partial charge in [-0.2, -0.15) is 0 Å². The third-order valence-corrected chi connectivity index (χ3v) is 4.28. The molecule has 2 aromatic rings. The topological polar surface area (TPSA) is 117 Å². The van der Waals surface area contributed by atoms with Crippen molar-refractivity contribution >= 4 is 23.5 Å². The molecule has 1 aromatic heterocycles. The second kappa shape index (κ2) is 10.2. The molecule has 29 heavy (non-hydrogen) atoms. The molecule has 1 heterocycles. The zero-order valence-electron chi connectivity index (χ0n) is 16.9. The Balaban J connectivity index is 2.05. The number of amides is 4. The zero-order chi connectivity index (χ0) is 21.4. The van der Waals surface area contributed by atoms with Crippen LogP contribution in [0.4, 0.5) is 10.5 Å². The highest BCUT2D eigenvalue weighted by atomic mass is 16.2. The number of hydrogen-bond donors (Lipinski definition) is 3. The van der Waals surface area contributed by atoms with E-state index >= 15 is 0 Å². The van der Waals surface area contributed by atoms with E-state index in [4.69, 9.17) is 5.73 Å². The minimum atomic E-state index is -0.609. The summed E-state index contributed by atoms with van der Waals surface area (Å²) in [6.45, 7) is 6.81. The summed E-state index contributed by atoms with van der Waals surface area (Å²) in [7, 11) is 0. The van der Waals surface area contributed by atoms with E-state index in [0.29, 0.717) is 23.4 Å². The van der Waals surface area contributed by atoms with Gasteiger partial charge in [0.15, 0.2) is 0 Å². The number of nitrogens with zero attached hydrogens (tertiary/aromatic N) is 2. The predicted molar refractivity (Wildman–Crippen MR) is 112 cm³/mol. The van der Waals surface area contributed by atoms with Crippen LogP contribution in [0.3, 0.4) is 0 Å². The highest BCUT2D eigenvalue weighted by Gasteiger charge is 2.21. The summed E-state index contributed by atoms with van der Waals surface area (Å²) in [5, 5.41) is 5.44. The number of carbonyl (C=O) groups is 3. The molecule has 0 saturated carbocycles. The van der Waals surface area contributed by atoms with Crippen LogP contribution >= 0.6 is 0 Å². The van der Waals surface area contributed by atoms with Crippen LogP contribution in [0.25, 0.3) is 0 Å². The first kappa shape index (κ1) is 21.9. The van der Waals surface area contributed by atoms with Crippen molar-refractivity contribution in [1.29, 1.82) is 0 Å². The summed E-state index contributed by atoms with van der Waals surface area (Å²) in [5.41, 5.74) is 6.91. The Morgan fingerprint density at radius 1 is 1.14 bits per heavy atom. The van der Waals surface area contributed by atoms with E-state index in [1.54, 1.807) is 35.2 Å². The monoisotopic (exact) mass is 397 g/mol. The number of urea groups is 1. The summed E-state index contributed by atoms with van der Waals surface area (Å²) in [6.07, 6.45) is 2.33. The summed E-state index contributed by atoms with van der Waals surface area (Å²) in [4.78, 5) is 42.0. The van der Waals surface area contributed by atoms with Gasteiger partial charge in [-0.25, -0.2) is 4.79 Å². The van der Waals surface area contributed by atoms with Gasteiger partial charge in [0.1, 0.15) is 5.69 Å². The van der Waals surface area contributed by atoms with Crippen molar-refractivity contribution in [2.75, 3.05) is 11.9 Å². The standard InChI is InChI=1S/C21H27N5O3/c1-4-11-26(14(2)3)20(28)16-7-5-6-8-17(16)25-21(29)24-13-15-9-10-18(19(22)27)23-12-15/h5-10,12,14H,4,11,13H2,1-3H3,(H2,22,27)(H2,24,25,29). The number of hydrogen-bond acceptors (Lipinski definition) is 4. The van der Waals surface area contributed by atoms with E-state index < -0.39 is 11.9 Å². The molecule has 0 radical (unpaired) electrons. The molecular weight excluding hydrogens is 370 g/mol. The van der Waals surface area contributed by atoms with Crippen molar-refractivity contribution in [2.24, 2.45) is 5.73 Å². The van der Waals surface area contributed by atoms with Crippen molar-refractivity contribution in [3.63, 3.8) is 0 Å². The summed E-state index contributed by atoms with van der Waals surface area (Å²) < 4.78 is 0. The number of anilines is 1. The maximum atomic E-state index is 13.0. The first-order valence-electron chi connectivity index (χ1n) is 9.53. The fourth-order valence-corrected chi connectivity index (χ4v) is 2.79. The highest BCUT2D eigenvalue weighted by Crippen LogP contribution is 2.19. The van der Waals surface area contributed by atoms with Gasteiger partial charge in [0.25, 0.3) is 11.8 Å². The minimum Gasteiger partial charge on any atom is -0.364 e. The normalized spacial score (nSPS) is 10.5. The second-order valence-corrected chi connectivity index (χ2v) is 6.86. The van der Waals surface area contributed by atoms with Crippen LogP contribution < -0.4 is 16.4 Å². The number of aromatic nitrogens is 1. The molecule has 0 bridgehead atoms. The lowest BCUT2D eigenvalue weighted by molar-refractivity contribution is 0.0707. The molecule has 8 heteroatoms. The van der Waals surface area contributed by atoms with Crippen LogP contribution in [0.2, 0.25) is 0 Å². The molecule has 0 aliphatic carbocycles. The lowest BCUT2D eigenvalue weighted by Crippen LogP contribution is -2.38. The van der Waals surface area contributed by atoms with E-state index in [-0.39, 0.29) is 24.2 Å². The minimum absolute atomic E-state index is 0.0557. The average Bonchev–Trinajstić information content (AvgIpc) is 2.70. The van der Waals surface area contributed by atoms with Crippen LogP contribution in [0.15, 0.2) is 42.6 Å². The Labute approximate surface area is 170 Å². The van der Waals surface area contributed by atoms with Crippen LogP contribution in [0.5, 0.6) is 0 Å². The fraction of sp³-hybridized carbons (Fsp3) is 0.333. The Morgan fingerprint density at radius 2 is 1.86 bits per heavy atom. The largest absolute Gasteiger partial charge is 0.364 e. The fourth-order valence-electron chi connectivity index (χ4n) is 2.79. The van der Waals surface area contributed by atoms with Gasteiger partial charge in [0.05, 0.1) is 11.3 Å². The first-order valence-corrected chi connectivity index (χ1v) is 9.53. The Bertz CT molecular complexity index is 865. The van der Waals surface area contributed by atoms with Gasteiger partial charge >= 0.3 is 6.03 Å². The number of primary amides is 1. The van der Waals surface area contributed by atoms with Gasteiger partial charge in [-0.05, 0) is 44.0 Å². The molecule has 4 N–H and O–H groups in total. The summed E-state index contributed by atoms with van der Waals surface area (Å²) >= 11 is 0. The van der Waals surface area contributed by atoms with E-state index in [1.165, 1.54) is 12.3 Å². The molecule has 0 spiro atoms. The van der Waals surface area contributed by atoms with Gasteiger partial charge in [-0.15, -0.1) is 0 Å². The number of benzene rings is 1. The zero-order valence-corrected chi connectivity index (χ0v) is 16.9. The maximum Gasteiger partial charge on any atom is 0.319 e. The molecule has 0 aliphatic rings. The molecule has 4 amide bonds. The molecule has 2 rings (SSSR count). The Morgan fingerprint density at radius 3 is 2.45 bits per heavy atom. The molecule has 0 aliphatic heterocycles. The smallest absolute Gasteiger partial charge is 0.319 e. The van der Waals surface area contributed by atoms with E-state index in [1.807, 2.05) is 20.8 Å². The second-order valence-electron chi connectivity index (χ2n) is 6.86. The highest BCUT2D eigenvalue weighted by molar-refractivity contribution is 6.03. The van der Waals surface area contributed by atoms with E-state index in [9.17, 15) is 14.4 Å². The molecule has 0 unspecified atom stereocenters.